The zero-order chi connectivity index (χ0) is 10.7. The molecule has 2 nitrogen and oxygen atoms in total. The highest BCUT2D eigenvalue weighted by Gasteiger charge is 2.05. The van der Waals surface area contributed by atoms with Crippen LogP contribution in [0.25, 0.3) is 0 Å². The van der Waals surface area contributed by atoms with Gasteiger partial charge in [-0.3, -0.25) is 4.79 Å². The van der Waals surface area contributed by atoms with E-state index in [4.69, 9.17) is 0 Å². The van der Waals surface area contributed by atoms with Gasteiger partial charge in [-0.1, -0.05) is 22.0 Å². The van der Waals surface area contributed by atoms with Crippen LogP contribution in [0.3, 0.4) is 0 Å². The van der Waals surface area contributed by atoms with Gasteiger partial charge < -0.3 is 5.32 Å². The molecule has 1 N–H and O–H groups in total. The van der Waals surface area contributed by atoms with Crippen LogP contribution in [0.1, 0.15) is 10.4 Å². The van der Waals surface area contributed by atoms with Crippen LogP contribution < -0.4 is 5.32 Å². The van der Waals surface area contributed by atoms with Gasteiger partial charge in [0.2, 0.25) is 0 Å². The molecule has 0 unspecified atom stereocenters. The van der Waals surface area contributed by atoms with E-state index in [0.29, 0.717) is 5.56 Å². The quantitative estimate of drug-likeness (QED) is 0.892. The van der Waals surface area contributed by atoms with E-state index >= 15 is 0 Å². The van der Waals surface area contributed by atoms with Gasteiger partial charge in [-0.05, 0) is 29.6 Å². The highest BCUT2D eigenvalue weighted by atomic mass is 79.9. The van der Waals surface area contributed by atoms with Crippen LogP contribution in [0.15, 0.2) is 45.6 Å². The van der Waals surface area contributed by atoms with Crippen molar-refractivity contribution < 1.29 is 4.79 Å². The fourth-order valence-electron chi connectivity index (χ4n) is 1.17. The van der Waals surface area contributed by atoms with Gasteiger partial charge in [-0.25, -0.2) is 0 Å². The molecule has 1 aromatic carbocycles. The summed E-state index contributed by atoms with van der Waals surface area (Å²) < 4.78 is 0.903. The number of amides is 1. The van der Waals surface area contributed by atoms with Crippen molar-refractivity contribution in [3.8, 4) is 0 Å². The minimum absolute atomic E-state index is 0.0882. The Bertz CT molecular complexity index is 467. The van der Waals surface area contributed by atoms with E-state index in [1.54, 1.807) is 23.5 Å². The van der Waals surface area contributed by atoms with Crippen molar-refractivity contribution in [2.45, 2.75) is 0 Å². The minimum Gasteiger partial charge on any atom is -0.321 e. The number of carbonyl (C=O) groups is 1. The molecule has 2 rings (SSSR count). The topological polar surface area (TPSA) is 29.1 Å². The first-order chi connectivity index (χ1) is 7.25. The van der Waals surface area contributed by atoms with Gasteiger partial charge >= 0.3 is 0 Å². The van der Waals surface area contributed by atoms with E-state index in [-0.39, 0.29) is 5.91 Å². The van der Waals surface area contributed by atoms with Crippen molar-refractivity contribution in [1.29, 1.82) is 0 Å². The summed E-state index contributed by atoms with van der Waals surface area (Å²) in [6.45, 7) is 0. The molecule has 4 heteroatoms. The monoisotopic (exact) mass is 281 g/mol. The molecular formula is C11H8BrNOS. The Hall–Kier alpha value is -1.13. The maximum Gasteiger partial charge on any atom is 0.255 e. The summed E-state index contributed by atoms with van der Waals surface area (Å²) in [6.07, 6.45) is 0. The van der Waals surface area contributed by atoms with Gasteiger partial charge in [0.1, 0.15) is 0 Å². The second kappa shape index (κ2) is 4.59. The van der Waals surface area contributed by atoms with Crippen LogP contribution in [-0.2, 0) is 0 Å². The lowest BCUT2D eigenvalue weighted by Crippen LogP contribution is -2.10. The van der Waals surface area contributed by atoms with E-state index in [0.717, 1.165) is 10.2 Å². The maximum atomic E-state index is 11.7. The minimum atomic E-state index is -0.0882. The second-order valence-electron chi connectivity index (χ2n) is 2.98. The molecule has 0 radical (unpaired) electrons. The first-order valence-electron chi connectivity index (χ1n) is 4.35. The fourth-order valence-corrected chi connectivity index (χ4v) is 2.16. The van der Waals surface area contributed by atoms with Gasteiger partial charge in [0.15, 0.2) is 0 Å². The number of hydrogen-bond acceptors (Lipinski definition) is 2. The number of rotatable bonds is 2. The average molecular weight is 282 g/mol. The Morgan fingerprint density at radius 2 is 2.20 bits per heavy atom. The third-order valence-electron chi connectivity index (χ3n) is 1.87. The van der Waals surface area contributed by atoms with E-state index in [1.807, 2.05) is 29.0 Å². The van der Waals surface area contributed by atoms with E-state index in [2.05, 4.69) is 21.2 Å². The summed E-state index contributed by atoms with van der Waals surface area (Å²) in [5, 5.41) is 6.64. The average Bonchev–Trinajstić information content (AvgIpc) is 2.70. The van der Waals surface area contributed by atoms with Crippen molar-refractivity contribution >= 4 is 38.9 Å². The maximum absolute atomic E-state index is 11.7. The molecule has 0 bridgehead atoms. The molecule has 0 aliphatic rings. The molecule has 0 atom stereocenters. The molecule has 0 saturated carbocycles. The van der Waals surface area contributed by atoms with Gasteiger partial charge in [0, 0.05) is 15.4 Å². The van der Waals surface area contributed by atoms with Crippen molar-refractivity contribution in [3.05, 3.63) is 51.1 Å². The third kappa shape index (κ3) is 2.67. The van der Waals surface area contributed by atoms with Crippen LogP contribution in [0, 0.1) is 0 Å². The van der Waals surface area contributed by atoms with Gasteiger partial charge in [-0.15, -0.1) is 0 Å². The van der Waals surface area contributed by atoms with Crippen molar-refractivity contribution in [2.24, 2.45) is 0 Å². The lowest BCUT2D eigenvalue weighted by molar-refractivity contribution is 0.102. The van der Waals surface area contributed by atoms with Gasteiger partial charge in [0.25, 0.3) is 5.91 Å². The largest absolute Gasteiger partial charge is 0.321 e. The predicted octanol–water partition coefficient (Wildman–Crippen LogP) is 3.76. The Morgan fingerprint density at radius 1 is 1.33 bits per heavy atom. The first kappa shape index (κ1) is 10.4. The molecule has 0 aliphatic carbocycles. The van der Waals surface area contributed by atoms with Crippen LogP contribution in [0.4, 0.5) is 5.69 Å². The molecule has 2 aromatic rings. The molecular weight excluding hydrogens is 274 g/mol. The van der Waals surface area contributed by atoms with Crippen molar-refractivity contribution in [2.75, 3.05) is 5.32 Å². The summed E-state index contributed by atoms with van der Waals surface area (Å²) in [5.74, 6) is -0.0882. The Morgan fingerprint density at radius 3 is 2.87 bits per heavy atom. The standard InChI is InChI=1S/C11H8BrNOS/c12-9-3-1-2-8(6-9)11(14)13-10-4-5-15-7-10/h1-7H,(H,13,14). The summed E-state index contributed by atoms with van der Waals surface area (Å²) in [4.78, 5) is 11.7. The molecule has 0 fully saturated rings. The van der Waals surface area contributed by atoms with Crippen molar-refractivity contribution in [3.63, 3.8) is 0 Å². The van der Waals surface area contributed by atoms with Crippen molar-refractivity contribution in [1.82, 2.24) is 0 Å². The van der Waals surface area contributed by atoms with E-state index in [9.17, 15) is 4.79 Å². The second-order valence-corrected chi connectivity index (χ2v) is 4.67. The zero-order valence-corrected chi connectivity index (χ0v) is 10.1. The molecule has 1 aromatic heterocycles. The molecule has 1 heterocycles. The van der Waals surface area contributed by atoms with Gasteiger partial charge in [0.05, 0.1) is 5.69 Å². The molecule has 0 spiro atoms. The lowest BCUT2D eigenvalue weighted by atomic mass is 10.2. The number of carbonyl (C=O) groups excluding carboxylic acids is 1. The lowest BCUT2D eigenvalue weighted by Gasteiger charge is -2.02. The van der Waals surface area contributed by atoms with E-state index in [1.165, 1.54) is 0 Å². The zero-order valence-electron chi connectivity index (χ0n) is 7.74. The summed E-state index contributed by atoms with van der Waals surface area (Å²) in [7, 11) is 0. The summed E-state index contributed by atoms with van der Waals surface area (Å²) in [6, 6.07) is 9.18. The highest BCUT2D eigenvalue weighted by Crippen LogP contribution is 2.15. The van der Waals surface area contributed by atoms with Crippen LogP contribution in [0.5, 0.6) is 0 Å². The number of hydrogen-bond donors (Lipinski definition) is 1. The number of halogens is 1. The first-order valence-corrected chi connectivity index (χ1v) is 6.08. The number of benzene rings is 1. The number of thiophene rings is 1. The predicted molar refractivity (Wildman–Crippen MR) is 66.4 cm³/mol. The fraction of sp³-hybridized carbons (Fsp3) is 0. The van der Waals surface area contributed by atoms with Crippen LogP contribution in [-0.4, -0.2) is 5.91 Å². The Balaban J connectivity index is 2.15. The number of anilines is 1. The van der Waals surface area contributed by atoms with E-state index < -0.39 is 0 Å². The van der Waals surface area contributed by atoms with Gasteiger partial charge in [-0.2, -0.15) is 11.3 Å². The summed E-state index contributed by atoms with van der Waals surface area (Å²) >= 11 is 4.89. The van der Waals surface area contributed by atoms with Crippen LogP contribution in [0.2, 0.25) is 0 Å². The van der Waals surface area contributed by atoms with Crippen LogP contribution >= 0.6 is 27.3 Å². The molecule has 15 heavy (non-hydrogen) atoms. The highest BCUT2D eigenvalue weighted by molar-refractivity contribution is 9.10. The SMILES string of the molecule is O=C(Nc1ccsc1)c1cccc(Br)c1. The molecule has 76 valence electrons. The Kier molecular flexibility index (Phi) is 3.18. The number of nitrogens with one attached hydrogen (secondary N) is 1. The summed E-state index contributed by atoms with van der Waals surface area (Å²) in [5.41, 5.74) is 1.49. The molecule has 0 saturated heterocycles. The normalized spacial score (nSPS) is 9.93. The third-order valence-corrected chi connectivity index (χ3v) is 3.04. The molecule has 1 amide bonds. The smallest absolute Gasteiger partial charge is 0.255 e. The Labute approximate surface area is 100 Å². The molecule has 0 aliphatic heterocycles.